The van der Waals surface area contributed by atoms with Crippen LogP contribution in [0, 0.1) is 11.3 Å². The van der Waals surface area contributed by atoms with Gasteiger partial charge in [0.1, 0.15) is 17.6 Å². The zero-order chi connectivity index (χ0) is 15.4. The van der Waals surface area contributed by atoms with E-state index in [0.29, 0.717) is 10.6 Å². The van der Waals surface area contributed by atoms with Gasteiger partial charge in [-0.3, -0.25) is 9.59 Å². The summed E-state index contributed by atoms with van der Waals surface area (Å²) in [6, 6.07) is 2.17. The largest absolute Gasteiger partial charge is 0.481 e. The SMILES string of the molecule is N#Cc1c(N(CCC(=O)O)CC(=O)O)sc2c1CCCC2. The summed E-state index contributed by atoms with van der Waals surface area (Å²) >= 11 is 1.44. The first-order valence-electron chi connectivity index (χ1n) is 6.76. The second kappa shape index (κ2) is 6.59. The molecule has 1 heterocycles. The Hall–Kier alpha value is -2.07. The van der Waals surface area contributed by atoms with E-state index in [2.05, 4.69) is 6.07 Å². The molecule has 2 rings (SSSR count). The molecule has 112 valence electrons. The van der Waals surface area contributed by atoms with Gasteiger partial charge in [0, 0.05) is 11.4 Å². The molecule has 2 N–H and O–H groups in total. The van der Waals surface area contributed by atoms with Crippen molar-refractivity contribution in [3.05, 3.63) is 16.0 Å². The maximum atomic E-state index is 11.0. The van der Waals surface area contributed by atoms with Gasteiger partial charge in [0.05, 0.1) is 12.0 Å². The molecule has 0 aliphatic heterocycles. The van der Waals surface area contributed by atoms with Gasteiger partial charge in [-0.05, 0) is 31.2 Å². The van der Waals surface area contributed by atoms with Crippen LogP contribution in [0.25, 0.3) is 0 Å². The number of aryl methyl sites for hydroxylation is 1. The van der Waals surface area contributed by atoms with Crippen molar-refractivity contribution in [2.45, 2.75) is 32.1 Å². The molecule has 0 radical (unpaired) electrons. The molecule has 6 nitrogen and oxygen atoms in total. The van der Waals surface area contributed by atoms with Crippen molar-refractivity contribution >= 4 is 28.3 Å². The van der Waals surface area contributed by atoms with Crippen LogP contribution in [-0.2, 0) is 22.4 Å². The Morgan fingerprint density at radius 2 is 1.95 bits per heavy atom. The Morgan fingerprint density at radius 3 is 2.57 bits per heavy atom. The smallest absolute Gasteiger partial charge is 0.323 e. The fourth-order valence-electron chi connectivity index (χ4n) is 2.54. The van der Waals surface area contributed by atoms with Gasteiger partial charge in [0.25, 0.3) is 0 Å². The number of nitrogens with zero attached hydrogens (tertiary/aromatic N) is 2. The van der Waals surface area contributed by atoms with Crippen molar-refractivity contribution in [1.29, 1.82) is 5.26 Å². The molecule has 0 unspecified atom stereocenters. The van der Waals surface area contributed by atoms with E-state index in [1.165, 1.54) is 16.2 Å². The van der Waals surface area contributed by atoms with Crippen LogP contribution >= 0.6 is 11.3 Å². The predicted molar refractivity (Wildman–Crippen MR) is 77.8 cm³/mol. The van der Waals surface area contributed by atoms with Gasteiger partial charge < -0.3 is 15.1 Å². The number of aliphatic carboxylic acids is 2. The van der Waals surface area contributed by atoms with Gasteiger partial charge in [0.2, 0.25) is 0 Å². The number of hydrogen-bond donors (Lipinski definition) is 2. The van der Waals surface area contributed by atoms with Crippen LogP contribution in [0.3, 0.4) is 0 Å². The molecule has 1 aliphatic rings. The molecule has 1 aliphatic carbocycles. The molecule has 0 amide bonds. The monoisotopic (exact) mass is 308 g/mol. The van der Waals surface area contributed by atoms with Crippen LogP contribution in [0.5, 0.6) is 0 Å². The summed E-state index contributed by atoms with van der Waals surface area (Å²) in [6.45, 7) is -0.197. The third-order valence-electron chi connectivity index (χ3n) is 3.47. The van der Waals surface area contributed by atoms with Gasteiger partial charge >= 0.3 is 11.9 Å². The van der Waals surface area contributed by atoms with Crippen LogP contribution in [0.1, 0.15) is 35.3 Å². The van der Waals surface area contributed by atoms with E-state index in [0.717, 1.165) is 36.1 Å². The molecule has 0 aromatic carbocycles. The van der Waals surface area contributed by atoms with Crippen LogP contribution in [0.2, 0.25) is 0 Å². The summed E-state index contributed by atoms with van der Waals surface area (Å²) in [6.07, 6.45) is 3.71. The molecule has 0 atom stereocenters. The summed E-state index contributed by atoms with van der Waals surface area (Å²) < 4.78 is 0. The number of anilines is 1. The van der Waals surface area contributed by atoms with Gasteiger partial charge in [-0.2, -0.15) is 5.26 Å². The Labute approximate surface area is 126 Å². The van der Waals surface area contributed by atoms with E-state index in [4.69, 9.17) is 10.2 Å². The Kier molecular flexibility index (Phi) is 4.81. The van der Waals surface area contributed by atoms with E-state index in [1.807, 2.05) is 0 Å². The van der Waals surface area contributed by atoms with Gasteiger partial charge in [-0.25, -0.2) is 0 Å². The highest BCUT2D eigenvalue weighted by Gasteiger charge is 2.25. The van der Waals surface area contributed by atoms with Crippen LogP contribution in [0.15, 0.2) is 0 Å². The van der Waals surface area contributed by atoms with Gasteiger partial charge in [0.15, 0.2) is 0 Å². The first kappa shape index (κ1) is 15.3. The number of thiophene rings is 1. The molecule has 0 saturated heterocycles. The summed E-state index contributed by atoms with van der Waals surface area (Å²) in [4.78, 5) is 24.4. The minimum absolute atomic E-state index is 0.0930. The number of rotatable bonds is 6. The quantitative estimate of drug-likeness (QED) is 0.831. The highest BCUT2D eigenvalue weighted by atomic mass is 32.1. The molecule has 1 aromatic heterocycles. The van der Waals surface area contributed by atoms with Crippen LogP contribution in [0.4, 0.5) is 5.00 Å². The molecular weight excluding hydrogens is 292 g/mol. The predicted octanol–water partition coefficient (Wildman–Crippen LogP) is 1.86. The van der Waals surface area contributed by atoms with Crippen molar-refractivity contribution in [2.75, 3.05) is 18.0 Å². The lowest BCUT2D eigenvalue weighted by molar-refractivity contribution is -0.138. The van der Waals surface area contributed by atoms with Crippen LogP contribution in [-0.4, -0.2) is 35.2 Å². The molecular formula is C14H16N2O4S. The summed E-state index contributed by atoms with van der Waals surface area (Å²) in [5.41, 5.74) is 1.55. The first-order valence-corrected chi connectivity index (χ1v) is 7.57. The lowest BCUT2D eigenvalue weighted by atomic mass is 9.96. The average molecular weight is 308 g/mol. The summed E-state index contributed by atoms with van der Waals surface area (Å²) in [7, 11) is 0. The minimum Gasteiger partial charge on any atom is -0.481 e. The highest BCUT2D eigenvalue weighted by molar-refractivity contribution is 7.16. The van der Waals surface area contributed by atoms with E-state index >= 15 is 0 Å². The van der Waals surface area contributed by atoms with Gasteiger partial charge in [-0.15, -0.1) is 11.3 Å². The van der Waals surface area contributed by atoms with Crippen molar-refractivity contribution in [2.24, 2.45) is 0 Å². The van der Waals surface area contributed by atoms with Crippen molar-refractivity contribution in [1.82, 2.24) is 0 Å². The minimum atomic E-state index is -1.03. The number of hydrogen-bond acceptors (Lipinski definition) is 5. The number of fused-ring (bicyclic) bond motifs is 1. The molecule has 1 aromatic rings. The number of carbonyl (C=O) groups is 2. The lowest BCUT2D eigenvalue weighted by Crippen LogP contribution is -2.31. The lowest BCUT2D eigenvalue weighted by Gasteiger charge is -2.20. The molecule has 0 spiro atoms. The van der Waals surface area contributed by atoms with Crippen LogP contribution < -0.4 is 4.90 Å². The van der Waals surface area contributed by atoms with E-state index < -0.39 is 11.9 Å². The first-order chi connectivity index (χ1) is 10.0. The Bertz CT molecular complexity index is 603. The maximum Gasteiger partial charge on any atom is 0.323 e. The molecule has 0 fully saturated rings. The Morgan fingerprint density at radius 1 is 1.24 bits per heavy atom. The topological polar surface area (TPSA) is 102 Å². The van der Waals surface area contributed by atoms with Crippen molar-refractivity contribution in [3.8, 4) is 6.07 Å². The number of carboxylic acid groups (broad SMARTS) is 2. The summed E-state index contributed by atoms with van der Waals surface area (Å²) in [5.74, 6) is -2.01. The molecule has 0 saturated carbocycles. The summed E-state index contributed by atoms with van der Waals surface area (Å²) in [5, 5.41) is 27.8. The average Bonchev–Trinajstić information content (AvgIpc) is 2.81. The fourth-order valence-corrected chi connectivity index (χ4v) is 3.90. The zero-order valence-corrected chi connectivity index (χ0v) is 12.3. The maximum absolute atomic E-state index is 11.0. The standard InChI is InChI=1S/C14H16N2O4S/c15-7-10-9-3-1-2-4-11(9)21-14(10)16(8-13(19)20)6-5-12(17)18/h1-6,8H2,(H,17,18)(H,19,20). The number of carboxylic acids is 2. The Balaban J connectivity index is 2.34. The molecule has 21 heavy (non-hydrogen) atoms. The van der Waals surface area contributed by atoms with Crippen molar-refractivity contribution < 1.29 is 19.8 Å². The molecule has 0 bridgehead atoms. The van der Waals surface area contributed by atoms with E-state index in [1.54, 1.807) is 0 Å². The van der Waals surface area contributed by atoms with Crippen molar-refractivity contribution in [3.63, 3.8) is 0 Å². The highest BCUT2D eigenvalue weighted by Crippen LogP contribution is 2.39. The second-order valence-electron chi connectivity index (χ2n) is 4.96. The zero-order valence-electron chi connectivity index (χ0n) is 11.5. The normalized spacial score (nSPS) is 13.3. The second-order valence-corrected chi connectivity index (χ2v) is 6.05. The third kappa shape index (κ3) is 3.52. The van der Waals surface area contributed by atoms with Gasteiger partial charge in [-0.1, -0.05) is 0 Å². The van der Waals surface area contributed by atoms with E-state index in [9.17, 15) is 14.9 Å². The molecule has 7 heteroatoms. The fraction of sp³-hybridized carbons (Fsp3) is 0.500. The third-order valence-corrected chi connectivity index (χ3v) is 4.83. The number of nitriles is 1. The van der Waals surface area contributed by atoms with E-state index in [-0.39, 0.29) is 19.5 Å².